The van der Waals surface area contributed by atoms with Crippen LogP contribution in [0, 0.1) is 5.92 Å². The molecule has 0 atom stereocenters. The van der Waals surface area contributed by atoms with Crippen molar-refractivity contribution in [3.05, 3.63) is 24.3 Å². The van der Waals surface area contributed by atoms with E-state index in [1.165, 1.54) is 13.5 Å². The summed E-state index contributed by atoms with van der Waals surface area (Å²) in [6.45, 7) is 0. The van der Waals surface area contributed by atoms with Crippen LogP contribution in [0.25, 0.3) is 0 Å². The number of methoxy groups -OCH3 is 1. The van der Waals surface area contributed by atoms with E-state index in [1.54, 1.807) is 18.2 Å². The van der Waals surface area contributed by atoms with Crippen molar-refractivity contribution in [1.29, 1.82) is 0 Å². The van der Waals surface area contributed by atoms with E-state index in [9.17, 15) is 8.42 Å². The zero-order chi connectivity index (χ0) is 13.7. The summed E-state index contributed by atoms with van der Waals surface area (Å²) in [5, 5.41) is 0. The van der Waals surface area contributed by atoms with E-state index in [2.05, 4.69) is 4.72 Å². The van der Waals surface area contributed by atoms with Crippen LogP contribution >= 0.6 is 0 Å². The van der Waals surface area contributed by atoms with Gasteiger partial charge in [0.15, 0.2) is 0 Å². The Kier molecular flexibility index (Phi) is 4.69. The fourth-order valence-electron chi connectivity index (χ4n) is 2.60. The summed E-state index contributed by atoms with van der Waals surface area (Å²) in [5.41, 5.74) is 0.515. The maximum absolute atomic E-state index is 12.2. The van der Waals surface area contributed by atoms with Crippen LogP contribution in [0.4, 0.5) is 5.69 Å². The second-order valence-corrected chi connectivity index (χ2v) is 6.85. The predicted molar refractivity (Wildman–Crippen MR) is 77.0 cm³/mol. The van der Waals surface area contributed by atoms with Crippen molar-refractivity contribution in [1.82, 2.24) is 0 Å². The lowest BCUT2D eigenvalue weighted by Crippen LogP contribution is -2.24. The van der Waals surface area contributed by atoms with Crippen molar-refractivity contribution >= 4 is 15.7 Å². The highest BCUT2D eigenvalue weighted by Gasteiger charge is 2.22. The van der Waals surface area contributed by atoms with Crippen molar-refractivity contribution in [2.45, 2.75) is 32.1 Å². The monoisotopic (exact) mass is 283 g/mol. The molecule has 2 rings (SSSR count). The zero-order valence-corrected chi connectivity index (χ0v) is 12.1. The summed E-state index contributed by atoms with van der Waals surface area (Å²) in [5.74, 6) is 1.06. The molecule has 0 bridgehead atoms. The van der Waals surface area contributed by atoms with Gasteiger partial charge in [0.2, 0.25) is 10.0 Å². The second kappa shape index (κ2) is 6.28. The number of hydrogen-bond donors (Lipinski definition) is 1. The van der Waals surface area contributed by atoms with Crippen LogP contribution in [0.2, 0.25) is 0 Å². The van der Waals surface area contributed by atoms with E-state index in [0.29, 0.717) is 17.4 Å². The number of hydrogen-bond acceptors (Lipinski definition) is 3. The quantitative estimate of drug-likeness (QED) is 0.903. The van der Waals surface area contributed by atoms with Gasteiger partial charge < -0.3 is 4.74 Å². The lowest BCUT2D eigenvalue weighted by Gasteiger charge is -2.21. The molecule has 4 nitrogen and oxygen atoms in total. The van der Waals surface area contributed by atoms with Gasteiger partial charge in [0.05, 0.1) is 18.6 Å². The van der Waals surface area contributed by atoms with Gasteiger partial charge >= 0.3 is 0 Å². The third kappa shape index (κ3) is 4.13. The normalized spacial score (nSPS) is 17.1. The first-order valence-corrected chi connectivity index (χ1v) is 8.39. The molecule has 1 fully saturated rings. The topological polar surface area (TPSA) is 55.4 Å². The number of sulfonamides is 1. The fraction of sp³-hybridized carbons (Fsp3) is 0.571. The summed E-state index contributed by atoms with van der Waals surface area (Å²) in [6.07, 6.45) is 5.57. The number of para-hydroxylation sites is 2. The van der Waals surface area contributed by atoms with Crippen molar-refractivity contribution in [3.63, 3.8) is 0 Å². The Hall–Kier alpha value is -1.23. The van der Waals surface area contributed by atoms with E-state index in [4.69, 9.17) is 4.74 Å². The first kappa shape index (κ1) is 14.2. The number of rotatable bonds is 5. The van der Waals surface area contributed by atoms with Gasteiger partial charge in [-0.3, -0.25) is 4.72 Å². The van der Waals surface area contributed by atoms with E-state index in [1.807, 2.05) is 6.07 Å². The van der Waals surface area contributed by atoms with E-state index in [-0.39, 0.29) is 5.75 Å². The molecule has 1 aromatic rings. The summed E-state index contributed by atoms with van der Waals surface area (Å²) in [4.78, 5) is 0. The molecule has 5 heteroatoms. The highest BCUT2D eigenvalue weighted by atomic mass is 32.2. The van der Waals surface area contributed by atoms with E-state index in [0.717, 1.165) is 25.7 Å². The molecule has 19 heavy (non-hydrogen) atoms. The number of ether oxygens (including phenoxy) is 1. The number of anilines is 1. The second-order valence-electron chi connectivity index (χ2n) is 5.09. The number of nitrogens with one attached hydrogen (secondary N) is 1. The molecule has 1 aromatic carbocycles. The highest BCUT2D eigenvalue weighted by molar-refractivity contribution is 7.92. The fourth-order valence-corrected chi connectivity index (χ4v) is 4.14. The molecule has 0 spiro atoms. The highest BCUT2D eigenvalue weighted by Crippen LogP contribution is 2.28. The average Bonchev–Trinajstić information content (AvgIpc) is 2.39. The molecule has 0 unspecified atom stereocenters. The third-order valence-corrected chi connectivity index (χ3v) is 4.99. The van der Waals surface area contributed by atoms with Crippen LogP contribution < -0.4 is 9.46 Å². The Morgan fingerprint density at radius 3 is 2.58 bits per heavy atom. The molecular weight excluding hydrogens is 262 g/mol. The average molecular weight is 283 g/mol. The van der Waals surface area contributed by atoms with Gasteiger partial charge in [0.25, 0.3) is 0 Å². The Morgan fingerprint density at radius 1 is 1.21 bits per heavy atom. The maximum Gasteiger partial charge on any atom is 0.233 e. The Morgan fingerprint density at radius 2 is 1.89 bits per heavy atom. The minimum absolute atomic E-state index is 0.213. The van der Waals surface area contributed by atoms with E-state index >= 15 is 0 Å². The summed E-state index contributed by atoms with van der Waals surface area (Å²) < 4.78 is 32.1. The summed E-state index contributed by atoms with van der Waals surface area (Å²) in [7, 11) is -1.76. The van der Waals surface area contributed by atoms with Gasteiger partial charge in [-0.25, -0.2) is 8.42 Å². The van der Waals surface area contributed by atoms with Gasteiger partial charge in [-0.2, -0.15) is 0 Å². The largest absolute Gasteiger partial charge is 0.495 e. The van der Waals surface area contributed by atoms with Gasteiger partial charge in [0, 0.05) is 0 Å². The van der Waals surface area contributed by atoms with Crippen molar-refractivity contribution in [3.8, 4) is 5.75 Å². The lowest BCUT2D eigenvalue weighted by molar-refractivity contribution is 0.385. The van der Waals surface area contributed by atoms with Crippen molar-refractivity contribution in [2.75, 3.05) is 17.6 Å². The maximum atomic E-state index is 12.2. The molecule has 0 aromatic heterocycles. The van der Waals surface area contributed by atoms with Gasteiger partial charge in [-0.05, 0) is 30.9 Å². The molecular formula is C14H21NO3S. The molecule has 1 saturated carbocycles. The molecule has 106 valence electrons. The Balaban J connectivity index is 2.03. The van der Waals surface area contributed by atoms with E-state index < -0.39 is 10.0 Å². The smallest absolute Gasteiger partial charge is 0.233 e. The molecule has 0 heterocycles. The van der Waals surface area contributed by atoms with Gasteiger partial charge in [0.1, 0.15) is 5.75 Å². The molecule has 0 aliphatic heterocycles. The lowest BCUT2D eigenvalue weighted by atomic mass is 9.91. The van der Waals surface area contributed by atoms with Gasteiger partial charge in [-0.15, -0.1) is 0 Å². The van der Waals surface area contributed by atoms with Crippen molar-refractivity contribution in [2.24, 2.45) is 5.92 Å². The van der Waals surface area contributed by atoms with Crippen molar-refractivity contribution < 1.29 is 13.2 Å². The van der Waals surface area contributed by atoms with Crippen LogP contribution in [0.15, 0.2) is 24.3 Å². The molecule has 0 amide bonds. The summed E-state index contributed by atoms with van der Waals surface area (Å²) >= 11 is 0. The van der Waals surface area contributed by atoms with Crippen LogP contribution in [-0.4, -0.2) is 21.3 Å². The first-order valence-electron chi connectivity index (χ1n) is 6.74. The molecule has 1 aliphatic carbocycles. The molecule has 1 N–H and O–H groups in total. The van der Waals surface area contributed by atoms with Crippen LogP contribution in [0.3, 0.4) is 0 Å². The summed E-state index contributed by atoms with van der Waals surface area (Å²) in [6, 6.07) is 7.08. The molecule has 1 aliphatic rings. The molecule has 0 saturated heterocycles. The SMILES string of the molecule is COc1ccccc1NS(=O)(=O)CC1CCCCC1. The minimum atomic E-state index is -3.30. The Bertz CT molecular complexity index is 507. The van der Waals surface area contributed by atoms with Crippen LogP contribution in [0.5, 0.6) is 5.75 Å². The third-order valence-electron chi connectivity index (χ3n) is 3.55. The van der Waals surface area contributed by atoms with Crippen LogP contribution in [-0.2, 0) is 10.0 Å². The number of benzene rings is 1. The standard InChI is InChI=1S/C14H21NO3S/c1-18-14-10-6-5-9-13(14)15-19(16,17)11-12-7-3-2-4-8-12/h5-6,9-10,12,15H,2-4,7-8,11H2,1H3. The first-order chi connectivity index (χ1) is 9.11. The molecule has 0 radical (unpaired) electrons. The van der Waals surface area contributed by atoms with Crippen LogP contribution in [0.1, 0.15) is 32.1 Å². The Labute approximate surface area is 115 Å². The minimum Gasteiger partial charge on any atom is -0.495 e. The van der Waals surface area contributed by atoms with Gasteiger partial charge in [-0.1, -0.05) is 31.4 Å². The predicted octanol–water partition coefficient (Wildman–Crippen LogP) is 3.02. The zero-order valence-electron chi connectivity index (χ0n) is 11.3.